The molecule has 2 heterocycles. The van der Waals surface area contributed by atoms with Crippen LogP contribution in [0.15, 0.2) is 41.8 Å². The average Bonchev–Trinajstić information content (AvgIpc) is 3.26. The van der Waals surface area contributed by atoms with Gasteiger partial charge in [0.25, 0.3) is 11.8 Å². The Balaban J connectivity index is 1.61. The van der Waals surface area contributed by atoms with Crippen LogP contribution in [0.3, 0.4) is 0 Å². The van der Waals surface area contributed by atoms with Crippen molar-refractivity contribution in [3.63, 3.8) is 0 Å². The largest absolute Gasteiger partial charge is 0.339 e. The van der Waals surface area contributed by atoms with Gasteiger partial charge in [0.1, 0.15) is 11.9 Å². The Bertz CT molecular complexity index is 877. The van der Waals surface area contributed by atoms with Crippen molar-refractivity contribution >= 4 is 29.1 Å². The molecule has 1 N–H and O–H groups in total. The van der Waals surface area contributed by atoms with Gasteiger partial charge in [-0.25, -0.2) is 4.39 Å². The summed E-state index contributed by atoms with van der Waals surface area (Å²) < 4.78 is 13.9. The van der Waals surface area contributed by atoms with Gasteiger partial charge in [0, 0.05) is 26.2 Å². The standard InChI is InChI=1S/C21H24FN3O3S/c1-14(2)18(23-19(26)17-8-5-13-29-17)21(28)25-11-9-24(10-12-25)20(27)15-6-3-4-7-16(15)22/h3-8,13-14,18H,9-12H2,1-2H3,(H,23,26). The number of hydrogen-bond donors (Lipinski definition) is 1. The number of benzene rings is 1. The van der Waals surface area contributed by atoms with Gasteiger partial charge in [0.15, 0.2) is 0 Å². The summed E-state index contributed by atoms with van der Waals surface area (Å²) in [6.07, 6.45) is 0. The van der Waals surface area contributed by atoms with E-state index in [1.807, 2.05) is 19.2 Å². The van der Waals surface area contributed by atoms with Gasteiger partial charge in [-0.3, -0.25) is 14.4 Å². The van der Waals surface area contributed by atoms with E-state index in [0.29, 0.717) is 31.1 Å². The van der Waals surface area contributed by atoms with Crippen LogP contribution in [0.4, 0.5) is 4.39 Å². The summed E-state index contributed by atoms with van der Waals surface area (Å²) >= 11 is 1.32. The van der Waals surface area contributed by atoms with Crippen LogP contribution in [0.25, 0.3) is 0 Å². The highest BCUT2D eigenvalue weighted by Crippen LogP contribution is 2.15. The Hall–Kier alpha value is -2.74. The minimum Gasteiger partial charge on any atom is -0.339 e. The fourth-order valence-electron chi connectivity index (χ4n) is 3.27. The van der Waals surface area contributed by atoms with Gasteiger partial charge < -0.3 is 15.1 Å². The van der Waals surface area contributed by atoms with Gasteiger partial charge in [0.2, 0.25) is 5.91 Å². The van der Waals surface area contributed by atoms with E-state index in [1.54, 1.807) is 34.1 Å². The predicted molar refractivity (Wildman–Crippen MR) is 109 cm³/mol. The number of nitrogens with zero attached hydrogens (tertiary/aromatic N) is 2. The first kappa shape index (κ1) is 21.0. The van der Waals surface area contributed by atoms with Crippen LogP contribution in [-0.4, -0.2) is 59.7 Å². The van der Waals surface area contributed by atoms with Crippen molar-refractivity contribution in [1.29, 1.82) is 0 Å². The minimum absolute atomic E-state index is 0.0375. The van der Waals surface area contributed by atoms with E-state index in [4.69, 9.17) is 0 Å². The summed E-state index contributed by atoms with van der Waals surface area (Å²) in [5.41, 5.74) is 0.0375. The normalized spacial score (nSPS) is 15.3. The van der Waals surface area contributed by atoms with Crippen LogP contribution in [-0.2, 0) is 4.79 Å². The SMILES string of the molecule is CC(C)C(NC(=O)c1cccs1)C(=O)N1CCN(C(=O)c2ccccc2F)CC1. The number of rotatable bonds is 5. The molecule has 8 heteroatoms. The lowest BCUT2D eigenvalue weighted by Gasteiger charge is -2.37. The lowest BCUT2D eigenvalue weighted by molar-refractivity contribution is -0.135. The molecule has 1 saturated heterocycles. The second kappa shape index (κ2) is 9.17. The maximum Gasteiger partial charge on any atom is 0.262 e. The molecule has 0 bridgehead atoms. The van der Waals surface area contributed by atoms with Gasteiger partial charge in [-0.2, -0.15) is 0 Å². The molecule has 1 unspecified atom stereocenters. The van der Waals surface area contributed by atoms with E-state index >= 15 is 0 Å². The molecule has 2 aromatic rings. The molecule has 0 spiro atoms. The van der Waals surface area contributed by atoms with Gasteiger partial charge in [-0.05, 0) is 29.5 Å². The highest BCUT2D eigenvalue weighted by atomic mass is 32.1. The third kappa shape index (κ3) is 4.82. The lowest BCUT2D eigenvalue weighted by Crippen LogP contribution is -2.57. The molecule has 1 fully saturated rings. The quantitative estimate of drug-likeness (QED) is 0.813. The number of carbonyl (C=O) groups excluding carboxylic acids is 3. The average molecular weight is 418 g/mol. The minimum atomic E-state index is -0.640. The molecule has 1 aromatic heterocycles. The van der Waals surface area contributed by atoms with Crippen molar-refractivity contribution < 1.29 is 18.8 Å². The monoisotopic (exact) mass is 417 g/mol. The van der Waals surface area contributed by atoms with Crippen LogP contribution >= 0.6 is 11.3 Å². The van der Waals surface area contributed by atoms with E-state index in [0.717, 1.165) is 0 Å². The van der Waals surface area contributed by atoms with Crippen LogP contribution in [0, 0.1) is 11.7 Å². The smallest absolute Gasteiger partial charge is 0.262 e. The van der Waals surface area contributed by atoms with E-state index in [-0.39, 0.29) is 29.2 Å². The van der Waals surface area contributed by atoms with Crippen molar-refractivity contribution in [2.24, 2.45) is 5.92 Å². The maximum atomic E-state index is 13.9. The summed E-state index contributed by atoms with van der Waals surface area (Å²) in [6, 6.07) is 8.75. The Morgan fingerprint density at radius 2 is 1.66 bits per heavy atom. The first-order valence-electron chi connectivity index (χ1n) is 9.55. The molecule has 0 saturated carbocycles. The lowest BCUT2D eigenvalue weighted by atomic mass is 10.0. The number of hydrogen-bond acceptors (Lipinski definition) is 4. The maximum absolute atomic E-state index is 13.9. The summed E-state index contributed by atoms with van der Waals surface area (Å²) in [7, 11) is 0. The van der Waals surface area contributed by atoms with E-state index in [9.17, 15) is 18.8 Å². The highest BCUT2D eigenvalue weighted by Gasteiger charge is 2.32. The van der Waals surface area contributed by atoms with Crippen LogP contribution in [0.2, 0.25) is 0 Å². The first-order chi connectivity index (χ1) is 13.9. The highest BCUT2D eigenvalue weighted by molar-refractivity contribution is 7.12. The molecular formula is C21H24FN3O3S. The fraction of sp³-hybridized carbons (Fsp3) is 0.381. The third-order valence-electron chi connectivity index (χ3n) is 4.95. The molecule has 29 heavy (non-hydrogen) atoms. The summed E-state index contributed by atoms with van der Waals surface area (Å²) in [5, 5.41) is 4.65. The predicted octanol–water partition coefficient (Wildman–Crippen LogP) is 2.63. The third-order valence-corrected chi connectivity index (χ3v) is 5.82. The molecule has 3 rings (SSSR count). The second-order valence-corrected chi connectivity index (χ2v) is 8.22. The van der Waals surface area contributed by atoms with E-state index in [2.05, 4.69) is 5.32 Å². The van der Waals surface area contributed by atoms with Gasteiger partial charge in [0.05, 0.1) is 10.4 Å². The summed E-state index contributed by atoms with van der Waals surface area (Å²) in [4.78, 5) is 41.7. The molecule has 0 aliphatic carbocycles. The second-order valence-electron chi connectivity index (χ2n) is 7.27. The number of halogens is 1. The van der Waals surface area contributed by atoms with Crippen molar-refractivity contribution in [2.45, 2.75) is 19.9 Å². The Kier molecular flexibility index (Phi) is 6.64. The number of nitrogens with one attached hydrogen (secondary N) is 1. The first-order valence-corrected chi connectivity index (χ1v) is 10.4. The number of piperazine rings is 1. The Morgan fingerprint density at radius 3 is 2.24 bits per heavy atom. The molecule has 154 valence electrons. The number of carbonyl (C=O) groups is 3. The summed E-state index contributed by atoms with van der Waals surface area (Å²) in [5.74, 6) is -1.43. The molecular weight excluding hydrogens is 393 g/mol. The molecule has 1 aliphatic rings. The van der Waals surface area contributed by atoms with Crippen LogP contribution in [0.1, 0.15) is 33.9 Å². The van der Waals surface area contributed by atoms with E-state index in [1.165, 1.54) is 23.5 Å². The molecule has 1 aliphatic heterocycles. The zero-order chi connectivity index (χ0) is 21.0. The van der Waals surface area contributed by atoms with Crippen LogP contribution in [0.5, 0.6) is 0 Å². The molecule has 6 nitrogen and oxygen atoms in total. The number of amides is 3. The fourth-order valence-corrected chi connectivity index (χ4v) is 3.89. The van der Waals surface area contributed by atoms with Crippen molar-refractivity contribution in [1.82, 2.24) is 15.1 Å². The topological polar surface area (TPSA) is 69.7 Å². The van der Waals surface area contributed by atoms with Gasteiger partial charge in [-0.15, -0.1) is 11.3 Å². The number of thiophene rings is 1. The molecule has 1 atom stereocenters. The zero-order valence-corrected chi connectivity index (χ0v) is 17.2. The van der Waals surface area contributed by atoms with Crippen molar-refractivity contribution in [2.75, 3.05) is 26.2 Å². The van der Waals surface area contributed by atoms with Gasteiger partial charge >= 0.3 is 0 Å². The van der Waals surface area contributed by atoms with Gasteiger partial charge in [-0.1, -0.05) is 32.0 Å². The Labute approximate surface area is 173 Å². The van der Waals surface area contributed by atoms with Crippen LogP contribution < -0.4 is 5.32 Å². The zero-order valence-electron chi connectivity index (χ0n) is 16.4. The van der Waals surface area contributed by atoms with Crippen molar-refractivity contribution in [3.8, 4) is 0 Å². The van der Waals surface area contributed by atoms with E-state index < -0.39 is 11.9 Å². The van der Waals surface area contributed by atoms with Crippen molar-refractivity contribution in [3.05, 3.63) is 58.0 Å². The Morgan fingerprint density at radius 1 is 1.00 bits per heavy atom. The molecule has 3 amide bonds. The summed E-state index contributed by atoms with van der Waals surface area (Å²) in [6.45, 7) is 5.10. The molecule has 0 radical (unpaired) electrons. The molecule has 1 aromatic carbocycles.